The van der Waals surface area contributed by atoms with E-state index in [1.807, 2.05) is 0 Å². The zero-order valence-electron chi connectivity index (χ0n) is 7.99. The summed E-state index contributed by atoms with van der Waals surface area (Å²) in [7, 11) is -0.0222. The second-order valence-electron chi connectivity index (χ2n) is 2.67. The number of nitrogens with zero attached hydrogens (tertiary/aromatic N) is 1. The van der Waals surface area contributed by atoms with Crippen LogP contribution in [0.5, 0.6) is 0 Å². The van der Waals surface area contributed by atoms with Crippen LogP contribution >= 0.6 is 15.9 Å². The maximum Gasteiger partial charge on any atom is 0.216 e. The van der Waals surface area contributed by atoms with Gasteiger partial charge >= 0.3 is 0 Å². The highest BCUT2D eigenvalue weighted by molar-refractivity contribution is 9.09. The third-order valence-corrected chi connectivity index (χ3v) is 4.00. The van der Waals surface area contributed by atoms with Crippen molar-refractivity contribution >= 4 is 26.0 Å². The second kappa shape index (κ2) is 6.75. The Bertz CT molecular complexity index is 218. The largest absolute Gasteiger partial charge is 0.384 e. The first-order valence-electron chi connectivity index (χ1n) is 4.03. The summed E-state index contributed by atoms with van der Waals surface area (Å²) in [6.07, 6.45) is 0.822. The van der Waals surface area contributed by atoms with Crippen molar-refractivity contribution in [3.8, 4) is 0 Å². The Labute approximate surface area is 88.4 Å². The van der Waals surface area contributed by atoms with Gasteiger partial charge in [0, 0.05) is 26.0 Å². The quantitative estimate of drug-likeness (QED) is 0.641. The summed E-state index contributed by atoms with van der Waals surface area (Å²) >= 11 is 3.25. The van der Waals surface area contributed by atoms with Gasteiger partial charge in [-0.25, -0.2) is 12.7 Å². The van der Waals surface area contributed by atoms with Crippen LogP contribution in [0.2, 0.25) is 0 Å². The van der Waals surface area contributed by atoms with Crippen LogP contribution in [0.4, 0.5) is 0 Å². The first-order chi connectivity index (χ1) is 6.04. The van der Waals surface area contributed by atoms with Crippen molar-refractivity contribution in [2.45, 2.75) is 6.42 Å². The van der Waals surface area contributed by atoms with Crippen LogP contribution in [0.15, 0.2) is 0 Å². The molecule has 0 rings (SSSR count). The molecule has 6 heteroatoms. The van der Waals surface area contributed by atoms with E-state index in [2.05, 4.69) is 15.9 Å². The standard InChI is InChI=1S/C7H16BrNO3S/c1-9(5-3-4-8)13(10,11)7-6-12-2/h3-7H2,1-2H3. The van der Waals surface area contributed by atoms with Crippen molar-refractivity contribution in [1.29, 1.82) is 0 Å². The Hall–Kier alpha value is 0.350. The van der Waals surface area contributed by atoms with Crippen LogP contribution < -0.4 is 0 Å². The van der Waals surface area contributed by atoms with Gasteiger partial charge in [-0.2, -0.15) is 0 Å². The predicted octanol–water partition coefficient (Wildman–Crippen LogP) is 0.679. The molecule has 0 aliphatic rings. The van der Waals surface area contributed by atoms with Gasteiger partial charge in [-0.3, -0.25) is 0 Å². The van der Waals surface area contributed by atoms with E-state index < -0.39 is 10.0 Å². The lowest BCUT2D eigenvalue weighted by Gasteiger charge is -2.15. The minimum absolute atomic E-state index is 0.0578. The lowest BCUT2D eigenvalue weighted by molar-refractivity contribution is 0.216. The minimum atomic E-state index is -3.11. The molecule has 0 unspecified atom stereocenters. The van der Waals surface area contributed by atoms with Gasteiger partial charge in [0.25, 0.3) is 0 Å². The maximum atomic E-state index is 11.4. The molecule has 0 aromatic carbocycles. The summed E-state index contributed by atoms with van der Waals surface area (Å²) in [6.45, 7) is 0.804. The van der Waals surface area contributed by atoms with Crippen LogP contribution in [-0.2, 0) is 14.8 Å². The number of hydrogen-bond donors (Lipinski definition) is 0. The summed E-state index contributed by atoms with van der Waals surface area (Å²) in [5.41, 5.74) is 0. The van der Waals surface area contributed by atoms with Crippen molar-refractivity contribution in [3.63, 3.8) is 0 Å². The Balaban J connectivity index is 3.96. The molecule has 0 radical (unpaired) electrons. The lowest BCUT2D eigenvalue weighted by atomic mass is 10.5. The minimum Gasteiger partial charge on any atom is -0.384 e. The van der Waals surface area contributed by atoms with Crippen molar-refractivity contribution in [3.05, 3.63) is 0 Å². The highest BCUT2D eigenvalue weighted by atomic mass is 79.9. The third-order valence-electron chi connectivity index (χ3n) is 1.63. The van der Waals surface area contributed by atoms with Crippen molar-refractivity contribution in [2.24, 2.45) is 0 Å². The van der Waals surface area contributed by atoms with E-state index in [9.17, 15) is 8.42 Å². The van der Waals surface area contributed by atoms with E-state index in [1.54, 1.807) is 7.05 Å². The third kappa shape index (κ3) is 5.61. The van der Waals surface area contributed by atoms with Crippen LogP contribution in [0.3, 0.4) is 0 Å². The highest BCUT2D eigenvalue weighted by Crippen LogP contribution is 2.00. The fourth-order valence-electron chi connectivity index (χ4n) is 0.766. The van der Waals surface area contributed by atoms with Crippen LogP contribution in [0, 0.1) is 0 Å². The zero-order valence-corrected chi connectivity index (χ0v) is 10.4. The molecule has 0 aliphatic heterocycles. The van der Waals surface area contributed by atoms with Crippen molar-refractivity contribution in [1.82, 2.24) is 4.31 Å². The first kappa shape index (κ1) is 13.4. The van der Waals surface area contributed by atoms with E-state index >= 15 is 0 Å². The van der Waals surface area contributed by atoms with Crippen LogP contribution in [-0.4, -0.2) is 51.1 Å². The van der Waals surface area contributed by atoms with Gasteiger partial charge in [0.05, 0.1) is 12.4 Å². The Morgan fingerprint density at radius 1 is 1.46 bits per heavy atom. The van der Waals surface area contributed by atoms with Crippen LogP contribution in [0.1, 0.15) is 6.42 Å². The number of halogens is 1. The zero-order chi connectivity index (χ0) is 10.3. The number of ether oxygens (including phenoxy) is 1. The second-order valence-corrected chi connectivity index (χ2v) is 5.66. The van der Waals surface area contributed by atoms with Gasteiger partial charge in [0.1, 0.15) is 0 Å². The van der Waals surface area contributed by atoms with Gasteiger partial charge in [-0.15, -0.1) is 0 Å². The molecule has 0 spiro atoms. The fraction of sp³-hybridized carbons (Fsp3) is 1.00. The number of alkyl halides is 1. The number of rotatable bonds is 7. The summed E-state index contributed by atoms with van der Waals surface area (Å²) in [6, 6.07) is 0. The summed E-state index contributed by atoms with van der Waals surface area (Å²) in [5, 5.41) is 0.817. The number of sulfonamides is 1. The SMILES string of the molecule is COCCS(=O)(=O)N(C)CCCBr. The average molecular weight is 274 g/mol. The van der Waals surface area contributed by atoms with Gasteiger partial charge in [0.15, 0.2) is 0 Å². The highest BCUT2D eigenvalue weighted by Gasteiger charge is 2.16. The van der Waals surface area contributed by atoms with Gasteiger partial charge in [-0.05, 0) is 6.42 Å². The molecule has 0 saturated carbocycles. The van der Waals surface area contributed by atoms with Crippen LogP contribution in [0.25, 0.3) is 0 Å². The molecule has 0 fully saturated rings. The molecule has 0 bridgehead atoms. The lowest BCUT2D eigenvalue weighted by Crippen LogP contribution is -2.31. The molecule has 80 valence electrons. The first-order valence-corrected chi connectivity index (χ1v) is 6.76. The normalized spacial score (nSPS) is 12.3. The molecular weight excluding hydrogens is 258 g/mol. The molecule has 0 aromatic heterocycles. The van der Waals surface area contributed by atoms with E-state index in [0.29, 0.717) is 6.54 Å². The maximum absolute atomic E-state index is 11.4. The summed E-state index contributed by atoms with van der Waals surface area (Å²) in [4.78, 5) is 0. The van der Waals surface area contributed by atoms with Crippen molar-refractivity contribution < 1.29 is 13.2 Å². The molecular formula is C7H16BrNO3S. The van der Waals surface area contributed by atoms with E-state index in [1.165, 1.54) is 11.4 Å². The summed E-state index contributed by atoms with van der Waals surface area (Å²) in [5.74, 6) is 0.0578. The monoisotopic (exact) mass is 273 g/mol. The predicted molar refractivity (Wildman–Crippen MR) is 56.7 cm³/mol. The molecule has 0 atom stereocenters. The van der Waals surface area contributed by atoms with Gasteiger partial charge < -0.3 is 4.74 Å². The van der Waals surface area contributed by atoms with E-state index in [-0.39, 0.29) is 12.4 Å². The molecule has 0 heterocycles. The molecule has 0 aliphatic carbocycles. The Kier molecular flexibility index (Phi) is 6.93. The van der Waals surface area contributed by atoms with E-state index in [4.69, 9.17) is 4.74 Å². The molecule has 0 amide bonds. The fourth-order valence-corrected chi connectivity index (χ4v) is 2.11. The molecule has 13 heavy (non-hydrogen) atoms. The summed E-state index contributed by atoms with van der Waals surface area (Å²) < 4.78 is 28.9. The molecule has 0 aromatic rings. The van der Waals surface area contributed by atoms with Crippen molar-refractivity contribution in [2.75, 3.05) is 38.4 Å². The Morgan fingerprint density at radius 3 is 2.54 bits per heavy atom. The topological polar surface area (TPSA) is 46.6 Å². The number of hydrogen-bond acceptors (Lipinski definition) is 3. The number of methoxy groups -OCH3 is 1. The molecule has 0 saturated heterocycles. The van der Waals surface area contributed by atoms with Gasteiger partial charge in [0.2, 0.25) is 10.0 Å². The molecule has 4 nitrogen and oxygen atoms in total. The average Bonchev–Trinajstić information content (AvgIpc) is 2.10. The Morgan fingerprint density at radius 2 is 2.08 bits per heavy atom. The van der Waals surface area contributed by atoms with E-state index in [0.717, 1.165) is 11.8 Å². The smallest absolute Gasteiger partial charge is 0.216 e. The van der Waals surface area contributed by atoms with Gasteiger partial charge in [-0.1, -0.05) is 15.9 Å². The molecule has 0 N–H and O–H groups in total.